The van der Waals surface area contributed by atoms with Crippen LogP contribution in [0.4, 0.5) is 16.2 Å². The molecular weight excluding hydrogens is 338 g/mol. The SMILES string of the molecule is CN(c1cccnc1)c1ccc2c(c1)CCC[C@H]2CNC(=O)OC(C)(C)C. The first-order valence-electron chi connectivity index (χ1n) is 9.57. The lowest BCUT2D eigenvalue weighted by Crippen LogP contribution is -2.35. The van der Waals surface area contributed by atoms with E-state index in [4.69, 9.17) is 4.74 Å². The van der Waals surface area contributed by atoms with E-state index in [0.717, 1.165) is 30.6 Å². The number of anilines is 2. The summed E-state index contributed by atoms with van der Waals surface area (Å²) in [6, 6.07) is 10.6. The minimum atomic E-state index is -0.472. The van der Waals surface area contributed by atoms with Gasteiger partial charge < -0.3 is 15.0 Å². The molecule has 0 radical (unpaired) electrons. The summed E-state index contributed by atoms with van der Waals surface area (Å²) in [5.41, 5.74) is 4.45. The summed E-state index contributed by atoms with van der Waals surface area (Å²) < 4.78 is 5.35. The Kier molecular flexibility index (Phi) is 5.68. The maximum Gasteiger partial charge on any atom is 0.407 e. The number of ether oxygens (including phenoxy) is 1. The van der Waals surface area contributed by atoms with Gasteiger partial charge in [0.05, 0.1) is 11.9 Å². The fourth-order valence-electron chi connectivity index (χ4n) is 3.54. The van der Waals surface area contributed by atoms with Crippen molar-refractivity contribution in [2.75, 3.05) is 18.5 Å². The molecule has 1 aliphatic rings. The first-order chi connectivity index (χ1) is 12.8. The Balaban J connectivity index is 1.70. The van der Waals surface area contributed by atoms with E-state index in [1.165, 1.54) is 11.1 Å². The van der Waals surface area contributed by atoms with Gasteiger partial charge in [-0.15, -0.1) is 0 Å². The molecule has 144 valence electrons. The molecular formula is C22H29N3O2. The molecule has 0 fully saturated rings. The summed E-state index contributed by atoms with van der Waals surface area (Å²) in [4.78, 5) is 18.3. The molecule has 27 heavy (non-hydrogen) atoms. The second-order valence-electron chi connectivity index (χ2n) is 8.13. The van der Waals surface area contributed by atoms with Gasteiger partial charge >= 0.3 is 6.09 Å². The number of nitrogens with one attached hydrogen (secondary N) is 1. The third-order valence-electron chi connectivity index (χ3n) is 4.88. The third-order valence-corrected chi connectivity index (χ3v) is 4.88. The van der Waals surface area contributed by atoms with E-state index >= 15 is 0 Å². The number of nitrogens with zero attached hydrogens (tertiary/aromatic N) is 2. The number of aryl methyl sites for hydroxylation is 1. The molecule has 0 aliphatic heterocycles. The zero-order chi connectivity index (χ0) is 19.4. The fourth-order valence-corrected chi connectivity index (χ4v) is 3.54. The van der Waals surface area contributed by atoms with Gasteiger partial charge in [0, 0.05) is 31.4 Å². The molecule has 1 heterocycles. The Bertz CT molecular complexity index is 784. The average Bonchev–Trinajstić information content (AvgIpc) is 2.64. The Morgan fingerprint density at radius 1 is 1.30 bits per heavy atom. The molecule has 1 aromatic carbocycles. The number of amides is 1. The van der Waals surface area contributed by atoms with Crippen LogP contribution < -0.4 is 10.2 Å². The van der Waals surface area contributed by atoms with Gasteiger partial charge in [-0.2, -0.15) is 0 Å². The molecule has 1 amide bonds. The van der Waals surface area contributed by atoms with Gasteiger partial charge in [0.15, 0.2) is 0 Å². The predicted octanol–water partition coefficient (Wildman–Crippen LogP) is 4.79. The standard InChI is InChI=1S/C22H29N3O2/c1-22(2,3)27-21(26)24-14-17-8-5-7-16-13-18(10-11-20(16)17)25(4)19-9-6-12-23-15-19/h6,9-13,15,17H,5,7-8,14H2,1-4H3,(H,24,26)/t17-/m0/s1. The molecule has 5 nitrogen and oxygen atoms in total. The Hall–Kier alpha value is -2.56. The Morgan fingerprint density at radius 3 is 2.81 bits per heavy atom. The maximum atomic E-state index is 12.0. The van der Waals surface area contributed by atoms with Crippen molar-refractivity contribution in [3.8, 4) is 0 Å². The summed E-state index contributed by atoms with van der Waals surface area (Å²) in [5, 5.41) is 2.93. The smallest absolute Gasteiger partial charge is 0.407 e. The normalized spacial score (nSPS) is 16.4. The lowest BCUT2D eigenvalue weighted by molar-refractivity contribution is 0.0523. The number of carbonyl (C=O) groups is 1. The van der Waals surface area contributed by atoms with E-state index in [2.05, 4.69) is 46.5 Å². The van der Waals surface area contributed by atoms with Crippen molar-refractivity contribution in [3.63, 3.8) is 0 Å². The highest BCUT2D eigenvalue weighted by Crippen LogP contribution is 2.34. The molecule has 0 unspecified atom stereocenters. The van der Waals surface area contributed by atoms with Gasteiger partial charge in [-0.25, -0.2) is 4.79 Å². The van der Waals surface area contributed by atoms with Crippen molar-refractivity contribution in [1.82, 2.24) is 10.3 Å². The van der Waals surface area contributed by atoms with Gasteiger partial charge in [-0.1, -0.05) is 6.07 Å². The van der Waals surface area contributed by atoms with Crippen LogP contribution in [0.5, 0.6) is 0 Å². The first kappa shape index (κ1) is 19.2. The molecule has 1 N–H and O–H groups in total. The number of pyridine rings is 1. The molecule has 3 rings (SSSR count). The Labute approximate surface area is 161 Å². The van der Waals surface area contributed by atoms with Crippen molar-refractivity contribution >= 4 is 17.5 Å². The van der Waals surface area contributed by atoms with Crippen molar-refractivity contribution in [1.29, 1.82) is 0 Å². The molecule has 2 aromatic rings. The lowest BCUT2D eigenvalue weighted by atomic mass is 9.82. The fraction of sp³-hybridized carbons (Fsp3) is 0.455. The summed E-state index contributed by atoms with van der Waals surface area (Å²) in [5.74, 6) is 0.332. The lowest BCUT2D eigenvalue weighted by Gasteiger charge is -2.28. The summed E-state index contributed by atoms with van der Waals surface area (Å²) >= 11 is 0. The van der Waals surface area contributed by atoms with E-state index in [1.54, 1.807) is 6.20 Å². The van der Waals surface area contributed by atoms with E-state index in [9.17, 15) is 4.79 Å². The van der Waals surface area contributed by atoms with Crippen LogP contribution >= 0.6 is 0 Å². The number of hydrogen-bond donors (Lipinski definition) is 1. The summed E-state index contributed by atoms with van der Waals surface area (Å²) in [6.45, 7) is 6.24. The molecule has 5 heteroatoms. The summed E-state index contributed by atoms with van der Waals surface area (Å²) in [6.07, 6.45) is 6.60. The predicted molar refractivity (Wildman–Crippen MR) is 109 cm³/mol. The molecule has 1 aliphatic carbocycles. The third kappa shape index (κ3) is 5.00. The molecule has 0 saturated heterocycles. The molecule has 0 saturated carbocycles. The van der Waals surface area contributed by atoms with Crippen LogP contribution in [0, 0.1) is 0 Å². The minimum Gasteiger partial charge on any atom is -0.444 e. The van der Waals surface area contributed by atoms with Crippen LogP contribution in [0.15, 0.2) is 42.7 Å². The average molecular weight is 367 g/mol. The van der Waals surface area contributed by atoms with Crippen molar-refractivity contribution in [2.45, 2.75) is 51.6 Å². The van der Waals surface area contributed by atoms with Crippen LogP contribution in [-0.4, -0.2) is 30.3 Å². The highest BCUT2D eigenvalue weighted by atomic mass is 16.6. The van der Waals surface area contributed by atoms with Gasteiger partial charge in [-0.05, 0) is 75.4 Å². The van der Waals surface area contributed by atoms with Gasteiger partial charge in [0.25, 0.3) is 0 Å². The quantitative estimate of drug-likeness (QED) is 0.844. The van der Waals surface area contributed by atoms with E-state index in [-0.39, 0.29) is 6.09 Å². The van der Waals surface area contributed by atoms with Gasteiger partial charge in [0.2, 0.25) is 0 Å². The van der Waals surface area contributed by atoms with Crippen molar-refractivity contribution < 1.29 is 9.53 Å². The number of hydrogen-bond acceptors (Lipinski definition) is 4. The van der Waals surface area contributed by atoms with E-state index in [1.807, 2.05) is 33.0 Å². The molecule has 0 bridgehead atoms. The van der Waals surface area contributed by atoms with Crippen LogP contribution in [0.1, 0.15) is 50.7 Å². The number of aromatic nitrogens is 1. The maximum absolute atomic E-state index is 12.0. The second kappa shape index (κ2) is 7.99. The largest absolute Gasteiger partial charge is 0.444 e. The number of fused-ring (bicyclic) bond motifs is 1. The number of alkyl carbamates (subject to hydrolysis) is 1. The monoisotopic (exact) mass is 367 g/mol. The number of benzene rings is 1. The van der Waals surface area contributed by atoms with E-state index < -0.39 is 5.60 Å². The van der Waals surface area contributed by atoms with Crippen molar-refractivity contribution in [2.24, 2.45) is 0 Å². The topological polar surface area (TPSA) is 54.5 Å². The zero-order valence-electron chi connectivity index (χ0n) is 16.7. The zero-order valence-corrected chi connectivity index (χ0v) is 16.7. The highest BCUT2D eigenvalue weighted by Gasteiger charge is 2.23. The van der Waals surface area contributed by atoms with Crippen LogP contribution in [0.3, 0.4) is 0 Å². The van der Waals surface area contributed by atoms with Crippen molar-refractivity contribution in [3.05, 3.63) is 53.9 Å². The molecule has 1 atom stereocenters. The minimum absolute atomic E-state index is 0.332. The second-order valence-corrected chi connectivity index (χ2v) is 8.13. The molecule has 0 spiro atoms. The summed E-state index contributed by atoms with van der Waals surface area (Å²) in [7, 11) is 2.06. The van der Waals surface area contributed by atoms with Crippen LogP contribution in [0.2, 0.25) is 0 Å². The highest BCUT2D eigenvalue weighted by molar-refractivity contribution is 5.68. The molecule has 1 aromatic heterocycles. The van der Waals surface area contributed by atoms with Crippen LogP contribution in [0.25, 0.3) is 0 Å². The van der Waals surface area contributed by atoms with Gasteiger partial charge in [-0.3, -0.25) is 4.98 Å². The van der Waals surface area contributed by atoms with Crippen LogP contribution in [-0.2, 0) is 11.2 Å². The van der Waals surface area contributed by atoms with Gasteiger partial charge in [0.1, 0.15) is 5.60 Å². The first-order valence-corrected chi connectivity index (χ1v) is 9.57. The number of rotatable bonds is 4. The van der Waals surface area contributed by atoms with E-state index in [0.29, 0.717) is 12.5 Å². The Morgan fingerprint density at radius 2 is 2.11 bits per heavy atom. The number of carbonyl (C=O) groups excluding carboxylic acids is 1.